The van der Waals surface area contributed by atoms with Crippen LogP contribution in [-0.2, 0) is 4.79 Å². The van der Waals surface area contributed by atoms with Gasteiger partial charge in [-0.1, -0.05) is 0 Å². The second kappa shape index (κ2) is 4.79. The number of imidazole rings is 1. The zero-order valence-electron chi connectivity index (χ0n) is 9.02. The molecule has 0 spiro atoms. The van der Waals surface area contributed by atoms with E-state index in [-0.39, 0.29) is 18.2 Å². The average molecular weight is 218 g/mol. The largest absolute Gasteiger partial charge is 0.348 e. The molecule has 1 amide bonds. The molecule has 1 N–H and O–H groups in total. The molecule has 1 unspecified atom stereocenters. The van der Waals surface area contributed by atoms with Gasteiger partial charge in [0, 0.05) is 31.4 Å². The SMILES string of the molecule is N#CCC(=O)N1CCCC(c2ncc[nH]2)C1. The van der Waals surface area contributed by atoms with Crippen molar-refractivity contribution in [2.24, 2.45) is 0 Å². The lowest BCUT2D eigenvalue weighted by molar-refractivity contribution is -0.131. The lowest BCUT2D eigenvalue weighted by Gasteiger charge is -2.31. The Labute approximate surface area is 94.1 Å². The fourth-order valence-corrected chi connectivity index (χ4v) is 2.11. The summed E-state index contributed by atoms with van der Waals surface area (Å²) < 4.78 is 0. The molecule has 1 aliphatic heterocycles. The topological polar surface area (TPSA) is 72.8 Å². The second-order valence-electron chi connectivity index (χ2n) is 3.99. The lowest BCUT2D eigenvalue weighted by Crippen LogP contribution is -2.39. The molecule has 0 saturated carbocycles. The van der Waals surface area contributed by atoms with Gasteiger partial charge < -0.3 is 9.88 Å². The highest BCUT2D eigenvalue weighted by atomic mass is 16.2. The molecule has 1 atom stereocenters. The van der Waals surface area contributed by atoms with Crippen molar-refractivity contribution >= 4 is 5.91 Å². The molecule has 0 radical (unpaired) electrons. The Kier molecular flexibility index (Phi) is 3.20. The van der Waals surface area contributed by atoms with Gasteiger partial charge >= 0.3 is 0 Å². The van der Waals surface area contributed by atoms with E-state index >= 15 is 0 Å². The number of aromatic nitrogens is 2. The minimum atomic E-state index is -0.0706. The molecule has 1 saturated heterocycles. The number of carbonyl (C=O) groups excluding carboxylic acids is 1. The zero-order chi connectivity index (χ0) is 11.4. The molecule has 84 valence electrons. The first-order valence-electron chi connectivity index (χ1n) is 5.45. The van der Waals surface area contributed by atoms with E-state index in [1.165, 1.54) is 0 Å². The van der Waals surface area contributed by atoms with Crippen molar-refractivity contribution in [2.45, 2.75) is 25.2 Å². The Hall–Kier alpha value is -1.83. The zero-order valence-corrected chi connectivity index (χ0v) is 9.02. The van der Waals surface area contributed by atoms with Crippen LogP contribution >= 0.6 is 0 Å². The summed E-state index contributed by atoms with van der Waals surface area (Å²) in [6.07, 6.45) is 5.52. The molecule has 0 bridgehead atoms. The first kappa shape index (κ1) is 10.7. The van der Waals surface area contributed by atoms with E-state index in [9.17, 15) is 4.79 Å². The molecule has 1 aliphatic rings. The minimum absolute atomic E-state index is 0.0229. The standard InChI is InChI=1S/C11H14N4O/c12-4-3-10(16)15-7-1-2-9(8-15)11-13-5-6-14-11/h5-6,9H,1-3,7-8H2,(H,13,14). The Balaban J connectivity index is 2.00. The quantitative estimate of drug-likeness (QED) is 0.805. The first-order valence-corrected chi connectivity index (χ1v) is 5.45. The fraction of sp³-hybridized carbons (Fsp3) is 0.545. The van der Waals surface area contributed by atoms with Crippen molar-refractivity contribution < 1.29 is 4.79 Å². The third kappa shape index (κ3) is 2.22. The first-order chi connectivity index (χ1) is 7.81. The Morgan fingerprint density at radius 1 is 1.75 bits per heavy atom. The van der Waals surface area contributed by atoms with Crippen molar-refractivity contribution in [1.29, 1.82) is 5.26 Å². The van der Waals surface area contributed by atoms with E-state index < -0.39 is 0 Å². The van der Waals surface area contributed by atoms with Crippen molar-refractivity contribution in [1.82, 2.24) is 14.9 Å². The van der Waals surface area contributed by atoms with Crippen LogP contribution in [0.3, 0.4) is 0 Å². The van der Waals surface area contributed by atoms with Gasteiger partial charge in [0.25, 0.3) is 0 Å². The molecule has 1 aromatic rings. The molecule has 0 aromatic carbocycles. The van der Waals surface area contributed by atoms with E-state index in [1.54, 1.807) is 17.3 Å². The summed E-state index contributed by atoms with van der Waals surface area (Å²) in [6, 6.07) is 1.90. The number of amides is 1. The predicted octanol–water partition coefficient (Wildman–Crippen LogP) is 1.03. The number of H-pyrrole nitrogens is 1. The summed E-state index contributed by atoms with van der Waals surface area (Å²) in [6.45, 7) is 1.44. The molecule has 2 heterocycles. The maximum absolute atomic E-state index is 11.6. The van der Waals surface area contributed by atoms with Gasteiger partial charge in [0.15, 0.2) is 0 Å². The van der Waals surface area contributed by atoms with Crippen LogP contribution in [0.5, 0.6) is 0 Å². The van der Waals surface area contributed by atoms with Crippen molar-refractivity contribution in [2.75, 3.05) is 13.1 Å². The average Bonchev–Trinajstić information content (AvgIpc) is 2.83. The monoisotopic (exact) mass is 218 g/mol. The summed E-state index contributed by atoms with van der Waals surface area (Å²) >= 11 is 0. The highest BCUT2D eigenvalue weighted by Gasteiger charge is 2.25. The number of hydrogen-bond donors (Lipinski definition) is 1. The maximum Gasteiger partial charge on any atom is 0.236 e. The van der Waals surface area contributed by atoms with E-state index in [4.69, 9.17) is 5.26 Å². The number of hydrogen-bond acceptors (Lipinski definition) is 3. The number of rotatable bonds is 2. The number of nitriles is 1. The van der Waals surface area contributed by atoms with Crippen molar-refractivity contribution in [3.63, 3.8) is 0 Å². The third-order valence-corrected chi connectivity index (χ3v) is 2.91. The van der Waals surface area contributed by atoms with Crippen LogP contribution in [-0.4, -0.2) is 33.9 Å². The van der Waals surface area contributed by atoms with Gasteiger partial charge in [0.1, 0.15) is 12.2 Å². The molecular weight excluding hydrogens is 204 g/mol. The van der Waals surface area contributed by atoms with Crippen LogP contribution in [0, 0.1) is 11.3 Å². The van der Waals surface area contributed by atoms with Gasteiger partial charge in [0.2, 0.25) is 5.91 Å². The lowest BCUT2D eigenvalue weighted by atomic mass is 9.97. The molecule has 1 aromatic heterocycles. The summed E-state index contributed by atoms with van der Waals surface area (Å²) in [5.74, 6) is 1.15. The van der Waals surface area contributed by atoms with E-state index in [1.807, 2.05) is 6.07 Å². The molecule has 2 rings (SSSR count). The van der Waals surface area contributed by atoms with Crippen LogP contribution < -0.4 is 0 Å². The number of carbonyl (C=O) groups is 1. The minimum Gasteiger partial charge on any atom is -0.348 e. The van der Waals surface area contributed by atoms with Crippen LogP contribution in [0.15, 0.2) is 12.4 Å². The van der Waals surface area contributed by atoms with Crippen molar-refractivity contribution in [3.05, 3.63) is 18.2 Å². The Morgan fingerprint density at radius 3 is 3.31 bits per heavy atom. The van der Waals surface area contributed by atoms with Gasteiger partial charge in [0.05, 0.1) is 6.07 Å². The summed E-state index contributed by atoms with van der Waals surface area (Å²) in [5, 5.41) is 8.50. The highest BCUT2D eigenvalue weighted by Crippen LogP contribution is 2.24. The van der Waals surface area contributed by atoms with Crippen LogP contribution in [0.1, 0.15) is 31.0 Å². The molecule has 1 fully saturated rings. The molecule has 0 aliphatic carbocycles. The molecular formula is C11H14N4O. The number of piperidine rings is 1. The molecule has 5 heteroatoms. The van der Waals surface area contributed by atoms with Crippen molar-refractivity contribution in [3.8, 4) is 6.07 Å². The van der Waals surface area contributed by atoms with Gasteiger partial charge in [-0.15, -0.1) is 0 Å². The van der Waals surface area contributed by atoms with Crippen LogP contribution in [0.2, 0.25) is 0 Å². The summed E-state index contributed by atoms with van der Waals surface area (Å²) in [7, 11) is 0. The van der Waals surface area contributed by atoms with E-state index in [0.717, 1.165) is 25.2 Å². The fourth-order valence-electron chi connectivity index (χ4n) is 2.11. The van der Waals surface area contributed by atoms with Gasteiger partial charge in [-0.05, 0) is 12.8 Å². The van der Waals surface area contributed by atoms with Crippen LogP contribution in [0.4, 0.5) is 0 Å². The van der Waals surface area contributed by atoms with E-state index in [2.05, 4.69) is 9.97 Å². The van der Waals surface area contributed by atoms with E-state index in [0.29, 0.717) is 6.54 Å². The number of likely N-dealkylation sites (tertiary alicyclic amines) is 1. The Morgan fingerprint density at radius 2 is 2.62 bits per heavy atom. The second-order valence-corrected chi connectivity index (χ2v) is 3.99. The molecule has 5 nitrogen and oxygen atoms in total. The highest BCUT2D eigenvalue weighted by molar-refractivity contribution is 5.78. The van der Waals surface area contributed by atoms with Gasteiger partial charge in [-0.25, -0.2) is 4.98 Å². The smallest absolute Gasteiger partial charge is 0.236 e. The molecule has 16 heavy (non-hydrogen) atoms. The normalized spacial score (nSPS) is 20.4. The summed E-state index contributed by atoms with van der Waals surface area (Å²) in [4.78, 5) is 20.7. The number of aromatic amines is 1. The number of nitrogens with zero attached hydrogens (tertiary/aromatic N) is 3. The van der Waals surface area contributed by atoms with Gasteiger partial charge in [-0.3, -0.25) is 4.79 Å². The summed E-state index contributed by atoms with van der Waals surface area (Å²) in [5.41, 5.74) is 0. The number of nitrogens with one attached hydrogen (secondary N) is 1. The van der Waals surface area contributed by atoms with Crippen LogP contribution in [0.25, 0.3) is 0 Å². The van der Waals surface area contributed by atoms with Gasteiger partial charge in [-0.2, -0.15) is 5.26 Å². The third-order valence-electron chi connectivity index (χ3n) is 2.91. The Bertz CT molecular complexity index is 393. The predicted molar refractivity (Wildman–Crippen MR) is 57.4 cm³/mol. The maximum atomic E-state index is 11.6.